The summed E-state index contributed by atoms with van der Waals surface area (Å²) < 4.78 is 5.49. The average Bonchev–Trinajstić information content (AvgIpc) is 2.61. The van der Waals surface area contributed by atoms with E-state index >= 15 is 0 Å². The Morgan fingerprint density at radius 2 is 1.92 bits per heavy atom. The number of carbonyl (C=O) groups excluding carboxylic acids is 1. The fourth-order valence-electron chi connectivity index (χ4n) is 3.07. The highest BCUT2D eigenvalue weighted by molar-refractivity contribution is 5.75. The average molecular weight is 334 g/mol. The summed E-state index contributed by atoms with van der Waals surface area (Å²) in [4.78, 5) is 24.7. The summed E-state index contributed by atoms with van der Waals surface area (Å²) in [5.41, 5.74) is 1.07. The van der Waals surface area contributed by atoms with E-state index in [0.29, 0.717) is 19.8 Å². The van der Waals surface area contributed by atoms with E-state index in [-0.39, 0.29) is 18.0 Å². The summed E-state index contributed by atoms with van der Waals surface area (Å²) in [7, 11) is 1.62. The maximum absolute atomic E-state index is 12.3. The van der Waals surface area contributed by atoms with Gasteiger partial charge in [0.05, 0.1) is 5.92 Å². The molecule has 1 aliphatic rings. The first-order valence-electron chi connectivity index (χ1n) is 8.30. The lowest BCUT2D eigenvalue weighted by Gasteiger charge is -2.38. The lowest BCUT2D eigenvalue weighted by Crippen LogP contribution is -2.48. The monoisotopic (exact) mass is 334 g/mol. The van der Waals surface area contributed by atoms with Crippen LogP contribution in [0, 0.1) is 5.92 Å². The summed E-state index contributed by atoms with van der Waals surface area (Å²) in [5, 5.41) is 11.9. The largest absolute Gasteiger partial charge is 0.481 e. The number of hydrogen-bond acceptors (Lipinski definition) is 3. The van der Waals surface area contributed by atoms with Gasteiger partial charge >= 0.3 is 12.0 Å². The predicted molar refractivity (Wildman–Crippen MR) is 91.0 cm³/mol. The van der Waals surface area contributed by atoms with Crippen molar-refractivity contribution in [2.24, 2.45) is 5.92 Å². The van der Waals surface area contributed by atoms with Crippen LogP contribution in [0.25, 0.3) is 0 Å². The van der Waals surface area contributed by atoms with Gasteiger partial charge in [0, 0.05) is 38.8 Å². The quantitative estimate of drug-likeness (QED) is 0.835. The number of rotatable bonds is 6. The van der Waals surface area contributed by atoms with E-state index in [1.165, 1.54) is 10.5 Å². The smallest absolute Gasteiger partial charge is 0.317 e. The molecule has 2 rings (SSSR count). The third-order valence-electron chi connectivity index (χ3n) is 4.73. The molecule has 1 aromatic rings. The molecule has 0 radical (unpaired) electrons. The number of amides is 2. The molecular formula is C18H26N2O4. The molecule has 0 bridgehead atoms. The zero-order valence-corrected chi connectivity index (χ0v) is 14.3. The van der Waals surface area contributed by atoms with Gasteiger partial charge in [0.25, 0.3) is 0 Å². The van der Waals surface area contributed by atoms with Gasteiger partial charge < -0.3 is 20.1 Å². The van der Waals surface area contributed by atoms with E-state index in [1.807, 2.05) is 18.2 Å². The van der Waals surface area contributed by atoms with Gasteiger partial charge in [-0.3, -0.25) is 4.79 Å². The number of ether oxygens (including phenoxy) is 1. The van der Waals surface area contributed by atoms with Gasteiger partial charge in [-0.05, 0) is 18.4 Å². The van der Waals surface area contributed by atoms with Crippen molar-refractivity contribution < 1.29 is 19.4 Å². The highest BCUT2D eigenvalue weighted by Gasteiger charge is 2.35. The van der Waals surface area contributed by atoms with Gasteiger partial charge in [-0.1, -0.05) is 37.3 Å². The number of nitrogens with zero attached hydrogens (tertiary/aromatic N) is 1. The molecule has 0 spiro atoms. The Morgan fingerprint density at radius 1 is 1.29 bits per heavy atom. The molecule has 0 aliphatic carbocycles. The Bertz CT molecular complexity index is 555. The van der Waals surface area contributed by atoms with Crippen LogP contribution in [0.1, 0.15) is 25.3 Å². The second kappa shape index (κ2) is 8.15. The van der Waals surface area contributed by atoms with E-state index in [4.69, 9.17) is 9.84 Å². The molecule has 132 valence electrons. The van der Waals surface area contributed by atoms with Gasteiger partial charge in [0.1, 0.15) is 0 Å². The zero-order valence-electron chi connectivity index (χ0n) is 14.3. The van der Waals surface area contributed by atoms with Crippen molar-refractivity contribution in [3.05, 3.63) is 35.9 Å². The van der Waals surface area contributed by atoms with Crippen molar-refractivity contribution in [2.45, 2.75) is 25.2 Å². The first kappa shape index (κ1) is 18.3. The van der Waals surface area contributed by atoms with Crippen LogP contribution >= 0.6 is 0 Å². The standard InChI is InChI=1S/C18H26N2O4/c1-14(16(21)22)12-20(2)17(23)19-13-18(8-10-24-11-9-18)15-6-4-3-5-7-15/h3-7,14H,8-13H2,1-2H3,(H,19,23)(H,21,22). The van der Waals surface area contributed by atoms with Crippen LogP contribution in [0.2, 0.25) is 0 Å². The van der Waals surface area contributed by atoms with Crippen molar-refractivity contribution in [2.75, 3.05) is 33.4 Å². The van der Waals surface area contributed by atoms with Crippen LogP contribution in [0.3, 0.4) is 0 Å². The van der Waals surface area contributed by atoms with E-state index in [9.17, 15) is 9.59 Å². The minimum absolute atomic E-state index is 0.131. The molecule has 2 N–H and O–H groups in total. The molecule has 6 nitrogen and oxygen atoms in total. The minimum atomic E-state index is -0.903. The highest BCUT2D eigenvalue weighted by atomic mass is 16.5. The van der Waals surface area contributed by atoms with Crippen molar-refractivity contribution >= 4 is 12.0 Å². The van der Waals surface area contributed by atoms with Gasteiger partial charge in [-0.25, -0.2) is 4.79 Å². The number of nitrogens with one attached hydrogen (secondary N) is 1. The Morgan fingerprint density at radius 3 is 2.50 bits per heavy atom. The molecule has 1 atom stereocenters. The number of carboxylic acid groups (broad SMARTS) is 1. The Kier molecular flexibility index (Phi) is 6.20. The van der Waals surface area contributed by atoms with E-state index < -0.39 is 11.9 Å². The van der Waals surface area contributed by atoms with Gasteiger partial charge in [-0.2, -0.15) is 0 Å². The van der Waals surface area contributed by atoms with E-state index in [2.05, 4.69) is 17.4 Å². The molecule has 0 saturated carbocycles. The van der Waals surface area contributed by atoms with Crippen LogP contribution in [0.5, 0.6) is 0 Å². The van der Waals surface area contributed by atoms with E-state index in [1.54, 1.807) is 14.0 Å². The maximum Gasteiger partial charge on any atom is 0.317 e. The zero-order chi connectivity index (χ0) is 17.6. The normalized spacial score (nSPS) is 17.8. The Balaban J connectivity index is 2.00. The first-order valence-corrected chi connectivity index (χ1v) is 8.30. The first-order chi connectivity index (χ1) is 11.4. The summed E-state index contributed by atoms with van der Waals surface area (Å²) >= 11 is 0. The van der Waals surface area contributed by atoms with Crippen LogP contribution in [0.4, 0.5) is 4.79 Å². The van der Waals surface area contributed by atoms with Crippen molar-refractivity contribution in [1.29, 1.82) is 0 Å². The minimum Gasteiger partial charge on any atom is -0.481 e. The molecule has 1 saturated heterocycles. The van der Waals surface area contributed by atoms with Gasteiger partial charge in [0.2, 0.25) is 0 Å². The number of urea groups is 1. The number of carboxylic acids is 1. The fraction of sp³-hybridized carbons (Fsp3) is 0.556. The number of carbonyl (C=O) groups is 2. The van der Waals surface area contributed by atoms with Crippen LogP contribution in [-0.4, -0.2) is 55.4 Å². The maximum atomic E-state index is 12.3. The third kappa shape index (κ3) is 4.47. The summed E-state index contributed by atoms with van der Waals surface area (Å²) in [6, 6.07) is 9.94. The van der Waals surface area contributed by atoms with Gasteiger partial charge in [0.15, 0.2) is 0 Å². The molecule has 6 heteroatoms. The Hall–Kier alpha value is -2.08. The van der Waals surface area contributed by atoms with Crippen LogP contribution in [-0.2, 0) is 14.9 Å². The predicted octanol–water partition coefficient (Wildman–Crippen LogP) is 2.10. The van der Waals surface area contributed by atoms with Crippen LogP contribution in [0.15, 0.2) is 30.3 Å². The number of hydrogen-bond donors (Lipinski definition) is 2. The number of aliphatic carboxylic acids is 1. The molecule has 1 heterocycles. The highest BCUT2D eigenvalue weighted by Crippen LogP contribution is 2.34. The lowest BCUT2D eigenvalue weighted by atomic mass is 9.74. The second-order valence-electron chi connectivity index (χ2n) is 6.54. The summed E-state index contributed by atoms with van der Waals surface area (Å²) in [6.45, 7) is 3.65. The SMILES string of the molecule is CC(CN(C)C(=O)NCC1(c2ccccc2)CCOCC1)C(=O)O. The fourth-order valence-corrected chi connectivity index (χ4v) is 3.07. The van der Waals surface area contributed by atoms with Gasteiger partial charge in [-0.15, -0.1) is 0 Å². The second-order valence-corrected chi connectivity index (χ2v) is 6.54. The van der Waals surface area contributed by atoms with Crippen molar-refractivity contribution in [3.8, 4) is 0 Å². The summed E-state index contributed by atoms with van der Waals surface area (Å²) in [5.74, 6) is -1.49. The number of benzene rings is 1. The van der Waals surface area contributed by atoms with Crippen molar-refractivity contribution in [1.82, 2.24) is 10.2 Å². The third-order valence-corrected chi connectivity index (χ3v) is 4.73. The molecule has 1 aliphatic heterocycles. The topological polar surface area (TPSA) is 78.9 Å². The van der Waals surface area contributed by atoms with E-state index in [0.717, 1.165) is 12.8 Å². The lowest BCUT2D eigenvalue weighted by molar-refractivity contribution is -0.141. The molecule has 24 heavy (non-hydrogen) atoms. The molecular weight excluding hydrogens is 308 g/mol. The molecule has 1 aromatic carbocycles. The van der Waals surface area contributed by atoms with Crippen molar-refractivity contribution in [3.63, 3.8) is 0 Å². The molecule has 1 unspecified atom stereocenters. The Labute approximate surface area is 142 Å². The van der Waals surface area contributed by atoms with Crippen LogP contribution < -0.4 is 5.32 Å². The molecule has 2 amide bonds. The molecule has 1 fully saturated rings. The summed E-state index contributed by atoms with van der Waals surface area (Å²) in [6.07, 6.45) is 1.71. The molecule has 0 aromatic heterocycles.